The van der Waals surface area contributed by atoms with E-state index in [1.54, 1.807) is 6.07 Å². The van der Waals surface area contributed by atoms with Crippen LogP contribution in [0.2, 0.25) is 0 Å². The van der Waals surface area contributed by atoms with Crippen molar-refractivity contribution in [3.05, 3.63) is 34.6 Å². The molecule has 3 heteroatoms. The quantitative estimate of drug-likeness (QED) is 0.804. The number of rotatable bonds is 2. The molecule has 0 saturated heterocycles. The number of aryl methyl sites for hydroxylation is 1. The van der Waals surface area contributed by atoms with E-state index >= 15 is 0 Å². The Morgan fingerprint density at radius 3 is 3.07 bits per heavy atom. The minimum absolute atomic E-state index is 0.134. The highest BCUT2D eigenvalue weighted by Crippen LogP contribution is 2.29. The van der Waals surface area contributed by atoms with Gasteiger partial charge in [-0.05, 0) is 37.6 Å². The smallest absolute Gasteiger partial charge is 0.129 e. The third-order valence-corrected chi connectivity index (χ3v) is 2.76. The lowest BCUT2D eigenvalue weighted by molar-refractivity contribution is 0.0410. The van der Waals surface area contributed by atoms with Gasteiger partial charge in [-0.15, -0.1) is 0 Å². The Kier molecular flexibility index (Phi) is 3.03. The van der Waals surface area contributed by atoms with Crippen molar-refractivity contribution in [3.63, 3.8) is 0 Å². The number of fused-ring (bicyclic) bond motifs is 1. The fraction of sp³-hybridized carbons (Fsp3) is 0.500. The van der Waals surface area contributed by atoms with Crippen molar-refractivity contribution in [2.45, 2.75) is 19.4 Å². The first-order valence-corrected chi connectivity index (χ1v) is 5.27. The van der Waals surface area contributed by atoms with E-state index in [1.165, 1.54) is 0 Å². The van der Waals surface area contributed by atoms with Crippen molar-refractivity contribution in [2.24, 2.45) is 0 Å². The lowest BCUT2D eigenvalue weighted by Crippen LogP contribution is -2.26. The molecule has 15 heavy (non-hydrogen) atoms. The summed E-state index contributed by atoms with van der Waals surface area (Å²) in [5.41, 5.74) is 2.82. The first-order valence-electron chi connectivity index (χ1n) is 5.27. The first kappa shape index (κ1) is 10.6. The normalized spacial score (nSPS) is 20.1. The van der Waals surface area contributed by atoms with E-state index in [4.69, 9.17) is 4.74 Å². The number of halogens is 1. The Morgan fingerprint density at radius 2 is 2.33 bits per heavy atom. The molecule has 0 aliphatic carbocycles. The minimum atomic E-state index is -0.139. The number of nitrogens with one attached hydrogen (secondary N) is 1. The summed E-state index contributed by atoms with van der Waals surface area (Å²) < 4.78 is 19.4. The van der Waals surface area contributed by atoms with Gasteiger partial charge in [0, 0.05) is 12.1 Å². The third kappa shape index (κ3) is 2.03. The summed E-state index contributed by atoms with van der Waals surface area (Å²) in [6.45, 7) is 3.27. The van der Waals surface area contributed by atoms with Gasteiger partial charge in [0.25, 0.3) is 0 Å². The van der Waals surface area contributed by atoms with Gasteiger partial charge in [-0.2, -0.15) is 0 Å². The van der Waals surface area contributed by atoms with Crippen molar-refractivity contribution in [3.8, 4) is 0 Å². The van der Waals surface area contributed by atoms with E-state index in [9.17, 15) is 4.39 Å². The third-order valence-electron chi connectivity index (χ3n) is 2.76. The van der Waals surface area contributed by atoms with Crippen LogP contribution in [0.3, 0.4) is 0 Å². The predicted octanol–water partition coefficient (Wildman–Crippen LogP) is 1.97. The number of ether oxygens (including phenoxy) is 1. The molecule has 1 heterocycles. The van der Waals surface area contributed by atoms with E-state index < -0.39 is 0 Å². The Hall–Kier alpha value is -0.930. The largest absolute Gasteiger partial charge is 0.372 e. The highest BCUT2D eigenvalue weighted by molar-refractivity contribution is 5.36. The molecule has 1 atom stereocenters. The molecule has 1 N–H and O–H groups in total. The topological polar surface area (TPSA) is 21.3 Å². The van der Waals surface area contributed by atoms with Crippen molar-refractivity contribution < 1.29 is 9.13 Å². The van der Waals surface area contributed by atoms with Gasteiger partial charge in [0.1, 0.15) is 5.82 Å². The van der Waals surface area contributed by atoms with E-state index in [0.717, 1.165) is 23.1 Å². The maximum Gasteiger partial charge on any atom is 0.129 e. The monoisotopic (exact) mass is 209 g/mol. The molecule has 82 valence electrons. The lowest BCUT2D eigenvalue weighted by atomic mass is 9.95. The molecular weight excluding hydrogens is 193 g/mol. The van der Waals surface area contributed by atoms with Gasteiger partial charge < -0.3 is 10.1 Å². The fourth-order valence-corrected chi connectivity index (χ4v) is 2.13. The van der Waals surface area contributed by atoms with Crippen LogP contribution < -0.4 is 5.32 Å². The molecule has 1 aromatic carbocycles. The summed E-state index contributed by atoms with van der Waals surface area (Å²) >= 11 is 0. The summed E-state index contributed by atoms with van der Waals surface area (Å²) in [7, 11) is 1.85. The Labute approximate surface area is 89.4 Å². The average Bonchev–Trinajstić information content (AvgIpc) is 2.17. The molecule has 1 aliphatic heterocycles. The molecule has 1 aliphatic rings. The second kappa shape index (κ2) is 4.29. The second-order valence-electron chi connectivity index (χ2n) is 3.99. The molecule has 0 spiro atoms. The molecule has 0 radical (unpaired) electrons. The Morgan fingerprint density at radius 1 is 1.53 bits per heavy atom. The van der Waals surface area contributed by atoms with Crippen LogP contribution in [0, 0.1) is 12.7 Å². The maximum atomic E-state index is 13.8. The van der Waals surface area contributed by atoms with Gasteiger partial charge in [0.05, 0.1) is 12.7 Å². The van der Waals surface area contributed by atoms with Gasteiger partial charge in [0.15, 0.2) is 0 Å². The van der Waals surface area contributed by atoms with Crippen molar-refractivity contribution in [2.75, 3.05) is 20.2 Å². The highest BCUT2D eigenvalue weighted by atomic mass is 19.1. The minimum Gasteiger partial charge on any atom is -0.372 e. The second-order valence-corrected chi connectivity index (χ2v) is 3.99. The Bertz CT molecular complexity index is 365. The van der Waals surface area contributed by atoms with Crippen LogP contribution in [0.15, 0.2) is 12.1 Å². The SMILES string of the molecule is CNC[C@H]1OCCc2cc(C)cc(F)c21. The zero-order valence-corrected chi connectivity index (χ0v) is 9.14. The van der Waals surface area contributed by atoms with E-state index in [-0.39, 0.29) is 11.9 Å². The fourth-order valence-electron chi connectivity index (χ4n) is 2.13. The summed E-state index contributed by atoms with van der Waals surface area (Å²) in [6, 6.07) is 3.64. The molecule has 0 amide bonds. The van der Waals surface area contributed by atoms with Crippen molar-refractivity contribution in [1.82, 2.24) is 5.32 Å². The average molecular weight is 209 g/mol. The van der Waals surface area contributed by atoms with Crippen molar-refractivity contribution >= 4 is 0 Å². The lowest BCUT2D eigenvalue weighted by Gasteiger charge is -2.26. The maximum absolute atomic E-state index is 13.8. The van der Waals surface area contributed by atoms with Gasteiger partial charge >= 0.3 is 0 Å². The highest BCUT2D eigenvalue weighted by Gasteiger charge is 2.23. The zero-order valence-electron chi connectivity index (χ0n) is 9.14. The number of hydrogen-bond donors (Lipinski definition) is 1. The summed E-state index contributed by atoms with van der Waals surface area (Å²) in [5.74, 6) is -0.134. The zero-order chi connectivity index (χ0) is 10.8. The molecule has 1 aromatic rings. The molecule has 0 aromatic heterocycles. The summed E-state index contributed by atoms with van der Waals surface area (Å²) in [6.07, 6.45) is 0.674. The predicted molar refractivity (Wildman–Crippen MR) is 57.5 cm³/mol. The summed E-state index contributed by atoms with van der Waals surface area (Å²) in [5, 5.41) is 3.03. The van der Waals surface area contributed by atoms with E-state index in [2.05, 4.69) is 11.4 Å². The Balaban J connectivity index is 2.41. The van der Waals surface area contributed by atoms with E-state index in [1.807, 2.05) is 14.0 Å². The van der Waals surface area contributed by atoms with Crippen LogP contribution in [-0.2, 0) is 11.2 Å². The van der Waals surface area contributed by atoms with Crippen LogP contribution >= 0.6 is 0 Å². The number of hydrogen-bond acceptors (Lipinski definition) is 2. The van der Waals surface area contributed by atoms with Crippen LogP contribution in [-0.4, -0.2) is 20.2 Å². The van der Waals surface area contributed by atoms with Gasteiger partial charge in [-0.25, -0.2) is 4.39 Å². The van der Waals surface area contributed by atoms with Crippen LogP contribution in [0.5, 0.6) is 0 Å². The standard InChI is InChI=1S/C12H16FNO/c1-8-5-9-3-4-15-11(7-14-2)12(9)10(13)6-8/h5-6,11,14H,3-4,7H2,1-2H3/t11-/m1/s1. The molecule has 0 saturated carbocycles. The first-order chi connectivity index (χ1) is 7.22. The van der Waals surface area contributed by atoms with Gasteiger partial charge in [-0.3, -0.25) is 0 Å². The van der Waals surface area contributed by atoms with Crippen LogP contribution in [0.4, 0.5) is 4.39 Å². The summed E-state index contributed by atoms with van der Waals surface area (Å²) in [4.78, 5) is 0. The van der Waals surface area contributed by atoms with Gasteiger partial charge in [0.2, 0.25) is 0 Å². The van der Waals surface area contributed by atoms with Crippen LogP contribution in [0.1, 0.15) is 22.8 Å². The number of benzene rings is 1. The van der Waals surface area contributed by atoms with Gasteiger partial charge in [-0.1, -0.05) is 6.07 Å². The molecule has 2 rings (SSSR count). The number of likely N-dealkylation sites (N-methyl/N-ethyl adjacent to an activating group) is 1. The molecule has 0 bridgehead atoms. The molecule has 0 unspecified atom stereocenters. The van der Waals surface area contributed by atoms with Crippen molar-refractivity contribution in [1.29, 1.82) is 0 Å². The molecular formula is C12H16FNO. The molecule has 0 fully saturated rings. The van der Waals surface area contributed by atoms with Crippen LogP contribution in [0.25, 0.3) is 0 Å². The molecule has 2 nitrogen and oxygen atoms in total. The van der Waals surface area contributed by atoms with E-state index in [0.29, 0.717) is 13.2 Å².